The maximum absolute atomic E-state index is 4.04. The zero-order valence-electron chi connectivity index (χ0n) is 11.6. The quantitative estimate of drug-likeness (QED) is 0.862. The molecule has 1 saturated heterocycles. The summed E-state index contributed by atoms with van der Waals surface area (Å²) in [7, 11) is 2.23. The molecular formula is C15H25N3. The lowest BCUT2D eigenvalue weighted by molar-refractivity contribution is 0.179. The molecule has 100 valence electrons. The van der Waals surface area contributed by atoms with Crippen molar-refractivity contribution in [2.75, 3.05) is 26.7 Å². The minimum absolute atomic E-state index is 0.620. The first kappa shape index (κ1) is 13.5. The van der Waals surface area contributed by atoms with Gasteiger partial charge in [0.05, 0.1) is 0 Å². The Balaban J connectivity index is 1.70. The largest absolute Gasteiger partial charge is 0.314 e. The standard InChI is InChI=1S/C15H25N3/c1-13(15-4-3-11-18(2)12-15)17-10-7-14-5-8-16-9-6-14/h5-6,8-9,13,15,17H,3-4,7,10-12H2,1-2H3. The first-order valence-electron chi connectivity index (χ1n) is 7.06. The van der Waals surface area contributed by atoms with E-state index in [1.54, 1.807) is 0 Å². The highest BCUT2D eigenvalue weighted by Gasteiger charge is 2.21. The fourth-order valence-corrected chi connectivity index (χ4v) is 2.77. The third-order valence-corrected chi connectivity index (χ3v) is 4.00. The average molecular weight is 247 g/mol. The van der Waals surface area contributed by atoms with Gasteiger partial charge >= 0.3 is 0 Å². The number of likely N-dealkylation sites (tertiary alicyclic amines) is 1. The zero-order chi connectivity index (χ0) is 12.8. The maximum atomic E-state index is 4.04. The molecule has 2 atom stereocenters. The van der Waals surface area contributed by atoms with Crippen LogP contribution < -0.4 is 5.32 Å². The molecule has 0 amide bonds. The van der Waals surface area contributed by atoms with Crippen molar-refractivity contribution in [2.45, 2.75) is 32.2 Å². The summed E-state index contributed by atoms with van der Waals surface area (Å²) in [6.07, 6.45) is 7.55. The topological polar surface area (TPSA) is 28.2 Å². The van der Waals surface area contributed by atoms with Crippen molar-refractivity contribution in [3.8, 4) is 0 Å². The van der Waals surface area contributed by atoms with Gasteiger partial charge in [-0.05, 0) is 69.9 Å². The third kappa shape index (κ3) is 4.07. The van der Waals surface area contributed by atoms with Gasteiger partial charge in [0.15, 0.2) is 0 Å². The van der Waals surface area contributed by atoms with Crippen molar-refractivity contribution in [1.82, 2.24) is 15.2 Å². The Bertz CT molecular complexity index is 339. The van der Waals surface area contributed by atoms with E-state index in [0.29, 0.717) is 6.04 Å². The molecule has 0 bridgehead atoms. The molecule has 2 rings (SSSR count). The van der Waals surface area contributed by atoms with E-state index in [9.17, 15) is 0 Å². The molecule has 2 unspecified atom stereocenters. The normalized spacial score (nSPS) is 22.9. The SMILES string of the molecule is CC(NCCc1ccncc1)C1CCCN(C)C1. The van der Waals surface area contributed by atoms with Crippen molar-refractivity contribution in [3.63, 3.8) is 0 Å². The number of hydrogen-bond donors (Lipinski definition) is 1. The molecule has 1 aromatic heterocycles. The van der Waals surface area contributed by atoms with E-state index in [4.69, 9.17) is 0 Å². The van der Waals surface area contributed by atoms with Gasteiger partial charge in [0.1, 0.15) is 0 Å². The summed E-state index contributed by atoms with van der Waals surface area (Å²) in [6, 6.07) is 4.82. The van der Waals surface area contributed by atoms with Crippen LogP contribution in [0.1, 0.15) is 25.3 Å². The number of rotatable bonds is 5. The van der Waals surface area contributed by atoms with E-state index in [2.05, 4.69) is 41.3 Å². The van der Waals surface area contributed by atoms with Gasteiger partial charge in [-0.3, -0.25) is 4.98 Å². The summed E-state index contributed by atoms with van der Waals surface area (Å²) < 4.78 is 0. The smallest absolute Gasteiger partial charge is 0.0270 e. The van der Waals surface area contributed by atoms with Gasteiger partial charge in [-0.2, -0.15) is 0 Å². The molecule has 1 aliphatic heterocycles. The predicted molar refractivity (Wildman–Crippen MR) is 75.6 cm³/mol. The molecule has 2 heterocycles. The van der Waals surface area contributed by atoms with Gasteiger partial charge in [-0.1, -0.05) is 0 Å². The van der Waals surface area contributed by atoms with Crippen LogP contribution >= 0.6 is 0 Å². The molecule has 0 radical (unpaired) electrons. The summed E-state index contributed by atoms with van der Waals surface area (Å²) >= 11 is 0. The van der Waals surface area contributed by atoms with E-state index in [-0.39, 0.29) is 0 Å². The van der Waals surface area contributed by atoms with E-state index in [1.807, 2.05) is 12.4 Å². The number of pyridine rings is 1. The highest BCUT2D eigenvalue weighted by molar-refractivity contribution is 5.09. The van der Waals surface area contributed by atoms with Crippen LogP contribution in [0.2, 0.25) is 0 Å². The second-order valence-electron chi connectivity index (χ2n) is 5.51. The summed E-state index contributed by atoms with van der Waals surface area (Å²) in [6.45, 7) is 5.89. The van der Waals surface area contributed by atoms with Crippen LogP contribution in [0.4, 0.5) is 0 Å². The summed E-state index contributed by atoms with van der Waals surface area (Å²) in [5.74, 6) is 0.807. The van der Waals surface area contributed by atoms with E-state index < -0.39 is 0 Å². The molecule has 1 fully saturated rings. The molecule has 0 aliphatic carbocycles. The molecule has 1 N–H and O–H groups in total. The number of hydrogen-bond acceptors (Lipinski definition) is 3. The average Bonchev–Trinajstić information content (AvgIpc) is 2.40. The van der Waals surface area contributed by atoms with Crippen LogP contribution in [0.15, 0.2) is 24.5 Å². The minimum atomic E-state index is 0.620. The molecule has 1 aromatic rings. The molecular weight excluding hydrogens is 222 g/mol. The minimum Gasteiger partial charge on any atom is -0.314 e. The van der Waals surface area contributed by atoms with Crippen LogP contribution in [-0.2, 0) is 6.42 Å². The van der Waals surface area contributed by atoms with Gasteiger partial charge in [0.25, 0.3) is 0 Å². The first-order valence-corrected chi connectivity index (χ1v) is 7.06. The van der Waals surface area contributed by atoms with E-state index in [0.717, 1.165) is 18.9 Å². The molecule has 0 saturated carbocycles. The Morgan fingerprint density at radius 1 is 1.44 bits per heavy atom. The van der Waals surface area contributed by atoms with Gasteiger partial charge in [-0.15, -0.1) is 0 Å². The number of nitrogens with one attached hydrogen (secondary N) is 1. The highest BCUT2D eigenvalue weighted by Crippen LogP contribution is 2.18. The molecule has 1 aliphatic rings. The van der Waals surface area contributed by atoms with Gasteiger partial charge in [-0.25, -0.2) is 0 Å². The first-order chi connectivity index (χ1) is 8.75. The van der Waals surface area contributed by atoms with Crippen molar-refractivity contribution in [1.29, 1.82) is 0 Å². The zero-order valence-corrected chi connectivity index (χ0v) is 11.6. The van der Waals surface area contributed by atoms with Crippen LogP contribution in [0.25, 0.3) is 0 Å². The Morgan fingerprint density at radius 2 is 2.22 bits per heavy atom. The number of piperidine rings is 1. The monoisotopic (exact) mass is 247 g/mol. The predicted octanol–water partition coefficient (Wildman–Crippen LogP) is 1.94. The van der Waals surface area contributed by atoms with Crippen molar-refractivity contribution >= 4 is 0 Å². The Morgan fingerprint density at radius 3 is 2.94 bits per heavy atom. The van der Waals surface area contributed by atoms with Crippen LogP contribution in [-0.4, -0.2) is 42.6 Å². The van der Waals surface area contributed by atoms with Gasteiger partial charge in [0, 0.05) is 25.0 Å². The number of aromatic nitrogens is 1. The lowest BCUT2D eigenvalue weighted by Crippen LogP contribution is -2.43. The van der Waals surface area contributed by atoms with Crippen LogP contribution in [0, 0.1) is 5.92 Å². The van der Waals surface area contributed by atoms with Crippen LogP contribution in [0.5, 0.6) is 0 Å². The Kier molecular flexibility index (Phi) is 5.14. The maximum Gasteiger partial charge on any atom is 0.0270 e. The van der Waals surface area contributed by atoms with Gasteiger partial charge < -0.3 is 10.2 Å². The fourth-order valence-electron chi connectivity index (χ4n) is 2.77. The van der Waals surface area contributed by atoms with Crippen molar-refractivity contribution in [2.24, 2.45) is 5.92 Å². The van der Waals surface area contributed by atoms with Crippen molar-refractivity contribution < 1.29 is 0 Å². The number of nitrogens with zero attached hydrogens (tertiary/aromatic N) is 2. The fraction of sp³-hybridized carbons (Fsp3) is 0.667. The molecule has 0 aromatic carbocycles. The second kappa shape index (κ2) is 6.86. The summed E-state index contributed by atoms with van der Waals surface area (Å²) in [5, 5.41) is 3.67. The molecule has 18 heavy (non-hydrogen) atoms. The molecule has 3 heteroatoms. The lowest BCUT2D eigenvalue weighted by Gasteiger charge is -2.34. The lowest BCUT2D eigenvalue weighted by atomic mass is 9.92. The second-order valence-corrected chi connectivity index (χ2v) is 5.51. The molecule has 0 spiro atoms. The summed E-state index contributed by atoms with van der Waals surface area (Å²) in [5.41, 5.74) is 1.37. The van der Waals surface area contributed by atoms with Crippen molar-refractivity contribution in [3.05, 3.63) is 30.1 Å². The van der Waals surface area contributed by atoms with Crippen LogP contribution in [0.3, 0.4) is 0 Å². The van der Waals surface area contributed by atoms with E-state index in [1.165, 1.54) is 31.5 Å². The van der Waals surface area contributed by atoms with Gasteiger partial charge in [0.2, 0.25) is 0 Å². The van der Waals surface area contributed by atoms with E-state index >= 15 is 0 Å². The Labute approximate surface area is 111 Å². The summed E-state index contributed by atoms with van der Waals surface area (Å²) in [4.78, 5) is 6.50. The molecule has 3 nitrogen and oxygen atoms in total. The highest BCUT2D eigenvalue weighted by atomic mass is 15.1. The third-order valence-electron chi connectivity index (χ3n) is 4.00. The Hall–Kier alpha value is -0.930.